The van der Waals surface area contributed by atoms with Gasteiger partial charge in [-0.05, 0) is 29.8 Å². The second kappa shape index (κ2) is 7.73. The summed E-state index contributed by atoms with van der Waals surface area (Å²) < 4.78 is 5.75. The van der Waals surface area contributed by atoms with Gasteiger partial charge < -0.3 is 4.74 Å². The predicted molar refractivity (Wildman–Crippen MR) is 100 cm³/mol. The van der Waals surface area contributed by atoms with E-state index in [1.54, 1.807) is 24.4 Å². The Morgan fingerprint density at radius 1 is 1.12 bits per heavy atom. The van der Waals surface area contributed by atoms with E-state index in [0.717, 1.165) is 10.8 Å². The van der Waals surface area contributed by atoms with Gasteiger partial charge in [0.2, 0.25) is 5.88 Å². The monoisotopic (exact) mass is 349 g/mol. The van der Waals surface area contributed by atoms with Crippen molar-refractivity contribution in [1.82, 2.24) is 15.0 Å². The van der Waals surface area contributed by atoms with E-state index in [0.29, 0.717) is 34.4 Å². The summed E-state index contributed by atoms with van der Waals surface area (Å²) in [5.41, 5.74) is 1.60. The van der Waals surface area contributed by atoms with Crippen LogP contribution in [0.4, 0.5) is 0 Å². The summed E-state index contributed by atoms with van der Waals surface area (Å²) in [5.74, 6) is 1.00. The molecule has 0 saturated carbocycles. The van der Waals surface area contributed by atoms with Crippen LogP contribution >= 0.6 is 11.6 Å². The predicted octanol–water partition coefficient (Wildman–Crippen LogP) is 3.15. The fraction of sp³-hybridized carbons (Fsp3) is 0.0500. The first-order valence-electron chi connectivity index (χ1n) is 7.65. The van der Waals surface area contributed by atoms with Gasteiger partial charge in [0.05, 0.1) is 5.35 Å². The number of allylic oxidation sites excluding steroid dienone is 1. The molecule has 124 valence electrons. The SMILES string of the molecule is C=C/C=c1/nc(-c2cccc(OCc3cccc(Cl)c3)n2)ncc1=C. The van der Waals surface area contributed by atoms with Crippen molar-refractivity contribution in [3.05, 3.63) is 82.5 Å². The van der Waals surface area contributed by atoms with E-state index in [4.69, 9.17) is 16.3 Å². The maximum atomic E-state index is 5.98. The van der Waals surface area contributed by atoms with Gasteiger partial charge in [0.15, 0.2) is 5.82 Å². The molecular formula is C20H16ClN3O. The third-order valence-corrected chi connectivity index (χ3v) is 3.64. The van der Waals surface area contributed by atoms with Gasteiger partial charge in [0.25, 0.3) is 0 Å². The molecule has 0 fully saturated rings. The van der Waals surface area contributed by atoms with Crippen molar-refractivity contribution in [2.24, 2.45) is 0 Å². The van der Waals surface area contributed by atoms with Crippen LogP contribution in [0.3, 0.4) is 0 Å². The van der Waals surface area contributed by atoms with Crippen molar-refractivity contribution in [3.63, 3.8) is 0 Å². The normalized spacial score (nSPS) is 11.3. The number of rotatable bonds is 5. The molecule has 0 aliphatic heterocycles. The van der Waals surface area contributed by atoms with Gasteiger partial charge in [-0.2, -0.15) is 0 Å². The molecule has 4 nitrogen and oxygen atoms in total. The van der Waals surface area contributed by atoms with Crippen LogP contribution in [0.5, 0.6) is 5.88 Å². The zero-order chi connectivity index (χ0) is 17.6. The third kappa shape index (κ3) is 4.31. The Hall–Kier alpha value is -2.98. The lowest BCUT2D eigenvalue weighted by atomic mass is 10.2. The first kappa shape index (κ1) is 16.9. The molecule has 0 saturated heterocycles. The highest BCUT2D eigenvalue weighted by Gasteiger charge is 2.05. The third-order valence-electron chi connectivity index (χ3n) is 3.40. The zero-order valence-corrected chi connectivity index (χ0v) is 14.3. The molecule has 0 aliphatic rings. The molecule has 2 heterocycles. The molecule has 3 aromatic rings. The van der Waals surface area contributed by atoms with E-state index in [1.807, 2.05) is 36.4 Å². The van der Waals surface area contributed by atoms with Gasteiger partial charge in [-0.3, -0.25) is 0 Å². The fourth-order valence-electron chi connectivity index (χ4n) is 2.20. The number of hydrogen-bond donors (Lipinski definition) is 0. The van der Waals surface area contributed by atoms with Gasteiger partial charge in [-0.25, -0.2) is 15.0 Å². The number of halogens is 1. The van der Waals surface area contributed by atoms with Crippen molar-refractivity contribution in [1.29, 1.82) is 0 Å². The Morgan fingerprint density at radius 2 is 1.96 bits per heavy atom. The Labute approximate surface area is 150 Å². The molecule has 0 atom stereocenters. The molecule has 0 amide bonds. The molecule has 0 radical (unpaired) electrons. The maximum absolute atomic E-state index is 5.98. The topological polar surface area (TPSA) is 47.9 Å². The van der Waals surface area contributed by atoms with E-state index in [2.05, 4.69) is 28.1 Å². The minimum atomic E-state index is 0.380. The highest BCUT2D eigenvalue weighted by molar-refractivity contribution is 6.30. The molecule has 5 heteroatoms. The number of nitrogens with zero attached hydrogens (tertiary/aromatic N) is 3. The summed E-state index contributed by atoms with van der Waals surface area (Å²) in [4.78, 5) is 13.2. The summed E-state index contributed by atoms with van der Waals surface area (Å²) >= 11 is 5.98. The van der Waals surface area contributed by atoms with Crippen LogP contribution in [0.2, 0.25) is 5.02 Å². The van der Waals surface area contributed by atoms with E-state index in [-0.39, 0.29) is 0 Å². The van der Waals surface area contributed by atoms with Crippen LogP contribution in [0.15, 0.2) is 61.3 Å². The van der Waals surface area contributed by atoms with Crippen LogP contribution in [0, 0.1) is 0 Å². The smallest absolute Gasteiger partial charge is 0.214 e. The average molecular weight is 350 g/mol. The molecule has 0 bridgehead atoms. The van der Waals surface area contributed by atoms with Crippen LogP contribution in [-0.2, 0) is 6.61 Å². The van der Waals surface area contributed by atoms with Gasteiger partial charge in [0.1, 0.15) is 12.3 Å². The Balaban J connectivity index is 1.84. The highest BCUT2D eigenvalue weighted by atomic mass is 35.5. The van der Waals surface area contributed by atoms with Gasteiger partial charge in [-0.15, -0.1) is 0 Å². The molecule has 25 heavy (non-hydrogen) atoms. The lowest BCUT2D eigenvalue weighted by Crippen LogP contribution is -2.28. The van der Waals surface area contributed by atoms with E-state index >= 15 is 0 Å². The van der Waals surface area contributed by atoms with Gasteiger partial charge in [-0.1, -0.05) is 49.0 Å². The van der Waals surface area contributed by atoms with E-state index in [9.17, 15) is 0 Å². The lowest BCUT2D eigenvalue weighted by molar-refractivity contribution is 0.294. The lowest BCUT2D eigenvalue weighted by Gasteiger charge is -2.07. The Bertz CT molecular complexity index is 1020. The van der Waals surface area contributed by atoms with E-state index < -0.39 is 0 Å². The van der Waals surface area contributed by atoms with Crippen LogP contribution < -0.4 is 15.3 Å². The quantitative estimate of drug-likeness (QED) is 0.710. The molecule has 1 aromatic carbocycles. The summed E-state index contributed by atoms with van der Waals surface area (Å²) in [6, 6.07) is 13.0. The second-order valence-corrected chi connectivity index (χ2v) is 5.72. The minimum absolute atomic E-state index is 0.380. The second-order valence-electron chi connectivity index (χ2n) is 5.29. The first-order valence-corrected chi connectivity index (χ1v) is 8.03. The minimum Gasteiger partial charge on any atom is -0.473 e. The molecule has 3 rings (SSSR count). The number of pyridine rings is 1. The van der Waals surface area contributed by atoms with Crippen molar-refractivity contribution < 1.29 is 4.74 Å². The fourth-order valence-corrected chi connectivity index (χ4v) is 2.42. The summed E-state index contributed by atoms with van der Waals surface area (Å²) in [6.07, 6.45) is 5.12. The molecule has 0 aliphatic carbocycles. The molecule has 0 N–H and O–H groups in total. The highest BCUT2D eigenvalue weighted by Crippen LogP contribution is 2.17. The van der Waals surface area contributed by atoms with Crippen LogP contribution in [0.1, 0.15) is 5.56 Å². The number of aromatic nitrogens is 3. The summed E-state index contributed by atoms with van der Waals surface area (Å²) in [5, 5.41) is 2.12. The maximum Gasteiger partial charge on any atom is 0.214 e. The molecule has 0 spiro atoms. The summed E-state index contributed by atoms with van der Waals surface area (Å²) in [6.45, 7) is 7.97. The average Bonchev–Trinajstić information content (AvgIpc) is 2.62. The first-order chi connectivity index (χ1) is 12.2. The summed E-state index contributed by atoms with van der Waals surface area (Å²) in [7, 11) is 0. The molecular weight excluding hydrogens is 334 g/mol. The van der Waals surface area contributed by atoms with E-state index in [1.165, 1.54) is 0 Å². The zero-order valence-electron chi connectivity index (χ0n) is 13.5. The van der Waals surface area contributed by atoms with Crippen LogP contribution in [0.25, 0.3) is 24.2 Å². The van der Waals surface area contributed by atoms with Crippen molar-refractivity contribution in [2.45, 2.75) is 6.61 Å². The van der Waals surface area contributed by atoms with Crippen LogP contribution in [-0.4, -0.2) is 15.0 Å². The number of ether oxygens (including phenoxy) is 1. The Kier molecular flexibility index (Phi) is 5.21. The van der Waals surface area contributed by atoms with Crippen molar-refractivity contribution in [2.75, 3.05) is 0 Å². The number of benzene rings is 1. The Morgan fingerprint density at radius 3 is 2.76 bits per heavy atom. The van der Waals surface area contributed by atoms with Crippen molar-refractivity contribution in [3.8, 4) is 17.4 Å². The molecule has 2 aromatic heterocycles. The standard InChI is InChI=1S/C20H16ClN3O/c1-3-6-17-14(2)12-22-20(24-17)18-9-5-10-19(23-18)25-13-15-7-4-8-16(21)11-15/h3-12H,1-2,13H2/b17-6+. The van der Waals surface area contributed by atoms with Gasteiger partial charge in [0, 0.05) is 22.5 Å². The largest absolute Gasteiger partial charge is 0.473 e. The molecule has 0 unspecified atom stereocenters. The van der Waals surface area contributed by atoms with Crippen molar-refractivity contribution >= 4 is 24.3 Å². The van der Waals surface area contributed by atoms with Gasteiger partial charge >= 0.3 is 0 Å². The number of hydrogen-bond acceptors (Lipinski definition) is 4.